The number of methoxy groups -OCH3 is 2. The topological polar surface area (TPSA) is 51.6 Å². The Bertz CT molecular complexity index is 961. The molecule has 1 fully saturated rings. The van der Waals surface area contributed by atoms with E-state index in [0.717, 1.165) is 54.6 Å². The van der Waals surface area contributed by atoms with E-state index in [9.17, 15) is 0 Å². The largest absolute Gasteiger partial charge is 0.497 e. The molecule has 2 aromatic carbocycles. The molecular weight excluding hydrogens is 400 g/mol. The Labute approximate surface area is 184 Å². The number of benzene rings is 2. The molecular formula is C23H29ClN4O2. The van der Waals surface area contributed by atoms with Crippen molar-refractivity contribution < 1.29 is 9.47 Å². The zero-order valence-electron chi connectivity index (χ0n) is 17.7. The zero-order valence-corrected chi connectivity index (χ0v) is 18.5. The number of hydrogen-bond donors (Lipinski definition) is 1. The van der Waals surface area contributed by atoms with Crippen molar-refractivity contribution in [2.75, 3.05) is 33.9 Å². The lowest BCUT2D eigenvalue weighted by atomic mass is 10.1. The molecule has 1 saturated heterocycles. The number of para-hydroxylation sites is 1. The SMILES string of the molecule is COc1ccc(OC)c(-c2nn(-c3ccccc3)cc2CN2CCNC(C)C2)c1.Cl. The summed E-state index contributed by atoms with van der Waals surface area (Å²) in [6.07, 6.45) is 2.14. The number of ether oxygens (including phenoxy) is 2. The maximum Gasteiger partial charge on any atom is 0.128 e. The van der Waals surface area contributed by atoms with Gasteiger partial charge in [0.1, 0.15) is 17.2 Å². The van der Waals surface area contributed by atoms with Crippen LogP contribution in [0.25, 0.3) is 16.9 Å². The van der Waals surface area contributed by atoms with E-state index in [-0.39, 0.29) is 12.4 Å². The number of aromatic nitrogens is 2. The van der Waals surface area contributed by atoms with Crippen molar-refractivity contribution in [1.29, 1.82) is 0 Å². The third kappa shape index (κ3) is 4.78. The molecule has 1 atom stereocenters. The maximum atomic E-state index is 5.65. The molecule has 3 aromatic rings. The van der Waals surface area contributed by atoms with Crippen LogP contribution in [0, 0.1) is 0 Å². The zero-order chi connectivity index (χ0) is 20.2. The highest BCUT2D eigenvalue weighted by Gasteiger charge is 2.21. The van der Waals surface area contributed by atoms with Crippen LogP contribution in [0.15, 0.2) is 54.7 Å². The van der Waals surface area contributed by atoms with E-state index in [1.54, 1.807) is 14.2 Å². The average molecular weight is 429 g/mol. The first-order valence-corrected chi connectivity index (χ1v) is 10.00. The molecule has 2 heterocycles. The molecule has 6 nitrogen and oxygen atoms in total. The summed E-state index contributed by atoms with van der Waals surface area (Å²) in [5, 5.41) is 8.47. The van der Waals surface area contributed by atoms with Crippen molar-refractivity contribution in [2.24, 2.45) is 0 Å². The molecule has 30 heavy (non-hydrogen) atoms. The van der Waals surface area contributed by atoms with E-state index in [1.165, 1.54) is 5.56 Å². The molecule has 1 aliphatic heterocycles. The monoisotopic (exact) mass is 428 g/mol. The van der Waals surface area contributed by atoms with Gasteiger partial charge in [0.25, 0.3) is 0 Å². The normalized spacial score (nSPS) is 16.7. The molecule has 0 aliphatic carbocycles. The summed E-state index contributed by atoms with van der Waals surface area (Å²) in [6, 6.07) is 16.5. The third-order valence-corrected chi connectivity index (χ3v) is 5.32. The summed E-state index contributed by atoms with van der Waals surface area (Å²) in [5.74, 6) is 1.58. The van der Waals surface area contributed by atoms with Gasteiger partial charge in [0.15, 0.2) is 0 Å². The lowest BCUT2D eigenvalue weighted by Gasteiger charge is -2.31. The summed E-state index contributed by atoms with van der Waals surface area (Å²) in [4.78, 5) is 2.48. The second-order valence-corrected chi connectivity index (χ2v) is 7.44. The van der Waals surface area contributed by atoms with Crippen molar-refractivity contribution >= 4 is 12.4 Å². The highest BCUT2D eigenvalue weighted by atomic mass is 35.5. The Morgan fingerprint density at radius 2 is 1.90 bits per heavy atom. The van der Waals surface area contributed by atoms with Gasteiger partial charge in [0.05, 0.1) is 19.9 Å². The van der Waals surface area contributed by atoms with E-state index in [4.69, 9.17) is 14.6 Å². The average Bonchev–Trinajstić information content (AvgIpc) is 3.17. The fraction of sp³-hybridized carbons (Fsp3) is 0.348. The van der Waals surface area contributed by atoms with Gasteiger partial charge in [-0.2, -0.15) is 5.10 Å². The summed E-state index contributed by atoms with van der Waals surface area (Å²) < 4.78 is 13.1. The van der Waals surface area contributed by atoms with Crippen LogP contribution >= 0.6 is 12.4 Å². The van der Waals surface area contributed by atoms with Gasteiger partial charge >= 0.3 is 0 Å². The van der Waals surface area contributed by atoms with Crippen LogP contribution in [0.5, 0.6) is 11.5 Å². The van der Waals surface area contributed by atoms with Gasteiger partial charge in [-0.3, -0.25) is 4.90 Å². The predicted molar refractivity (Wildman–Crippen MR) is 122 cm³/mol. The molecule has 0 radical (unpaired) electrons. The van der Waals surface area contributed by atoms with Crippen LogP contribution in [0.4, 0.5) is 0 Å². The number of piperazine rings is 1. The van der Waals surface area contributed by atoms with Crippen molar-refractivity contribution in [1.82, 2.24) is 20.0 Å². The fourth-order valence-corrected chi connectivity index (χ4v) is 3.86. The second kappa shape index (κ2) is 9.98. The highest BCUT2D eigenvalue weighted by molar-refractivity contribution is 5.85. The molecule has 1 N–H and O–H groups in total. The predicted octanol–water partition coefficient (Wildman–Crippen LogP) is 3.77. The number of rotatable bonds is 6. The standard InChI is InChI=1S/C23H28N4O2.ClH/c1-17-14-26(12-11-24-17)15-18-16-27(19-7-5-4-6-8-19)25-23(18)21-13-20(28-2)9-10-22(21)29-3;/h4-10,13,16-17,24H,11-12,14-15H2,1-3H3;1H. The molecule has 0 saturated carbocycles. The lowest BCUT2D eigenvalue weighted by Crippen LogP contribution is -2.48. The van der Waals surface area contributed by atoms with E-state index in [0.29, 0.717) is 6.04 Å². The van der Waals surface area contributed by atoms with Gasteiger partial charge in [-0.1, -0.05) is 18.2 Å². The first-order chi connectivity index (χ1) is 14.2. The van der Waals surface area contributed by atoms with Crippen LogP contribution < -0.4 is 14.8 Å². The Morgan fingerprint density at radius 1 is 1.10 bits per heavy atom. The molecule has 7 heteroatoms. The van der Waals surface area contributed by atoms with E-state index >= 15 is 0 Å². The first kappa shape index (κ1) is 22.2. The number of halogens is 1. The van der Waals surface area contributed by atoms with Crippen LogP contribution in [0.1, 0.15) is 12.5 Å². The fourth-order valence-electron chi connectivity index (χ4n) is 3.86. The number of nitrogens with one attached hydrogen (secondary N) is 1. The summed E-state index contributed by atoms with van der Waals surface area (Å²) in [7, 11) is 3.37. The van der Waals surface area contributed by atoms with Crippen LogP contribution in [-0.2, 0) is 6.54 Å². The minimum absolute atomic E-state index is 0. The maximum absolute atomic E-state index is 5.65. The van der Waals surface area contributed by atoms with Crippen LogP contribution in [0.2, 0.25) is 0 Å². The van der Waals surface area contributed by atoms with Crippen molar-refractivity contribution in [3.8, 4) is 28.4 Å². The van der Waals surface area contributed by atoms with Gasteiger partial charge in [-0.25, -0.2) is 4.68 Å². The minimum Gasteiger partial charge on any atom is -0.497 e. The molecule has 1 unspecified atom stereocenters. The Hall–Kier alpha value is -2.54. The van der Waals surface area contributed by atoms with E-state index in [2.05, 4.69) is 35.5 Å². The van der Waals surface area contributed by atoms with Gasteiger partial charge in [0.2, 0.25) is 0 Å². The van der Waals surface area contributed by atoms with Gasteiger partial charge < -0.3 is 14.8 Å². The van der Waals surface area contributed by atoms with Gasteiger partial charge in [-0.05, 0) is 37.3 Å². The van der Waals surface area contributed by atoms with Gasteiger partial charge in [0, 0.05) is 49.5 Å². The Balaban J connectivity index is 0.00000256. The van der Waals surface area contributed by atoms with Crippen LogP contribution in [-0.4, -0.2) is 54.6 Å². The molecule has 0 spiro atoms. The molecule has 1 aromatic heterocycles. The van der Waals surface area contributed by atoms with Crippen molar-refractivity contribution in [2.45, 2.75) is 19.5 Å². The molecule has 0 amide bonds. The van der Waals surface area contributed by atoms with Crippen LogP contribution in [0.3, 0.4) is 0 Å². The van der Waals surface area contributed by atoms with E-state index in [1.807, 2.05) is 41.1 Å². The van der Waals surface area contributed by atoms with Crippen molar-refractivity contribution in [3.63, 3.8) is 0 Å². The smallest absolute Gasteiger partial charge is 0.128 e. The Kier molecular flexibility index (Phi) is 7.37. The van der Waals surface area contributed by atoms with Gasteiger partial charge in [-0.15, -0.1) is 12.4 Å². The van der Waals surface area contributed by atoms with Crippen molar-refractivity contribution in [3.05, 3.63) is 60.3 Å². The molecule has 4 rings (SSSR count). The highest BCUT2D eigenvalue weighted by Crippen LogP contribution is 2.35. The molecule has 160 valence electrons. The molecule has 1 aliphatic rings. The summed E-state index contributed by atoms with van der Waals surface area (Å²) >= 11 is 0. The summed E-state index contributed by atoms with van der Waals surface area (Å²) in [6.45, 7) is 6.12. The summed E-state index contributed by atoms with van der Waals surface area (Å²) in [5.41, 5.74) is 4.08. The quantitative estimate of drug-likeness (QED) is 0.647. The first-order valence-electron chi connectivity index (χ1n) is 10.00. The van der Waals surface area contributed by atoms with E-state index < -0.39 is 0 Å². The number of nitrogens with zero attached hydrogens (tertiary/aromatic N) is 3. The third-order valence-electron chi connectivity index (χ3n) is 5.32. The Morgan fingerprint density at radius 3 is 2.60 bits per heavy atom. The molecule has 0 bridgehead atoms. The minimum atomic E-state index is 0. The lowest BCUT2D eigenvalue weighted by molar-refractivity contribution is 0.200. The second-order valence-electron chi connectivity index (χ2n) is 7.44. The number of hydrogen-bond acceptors (Lipinski definition) is 5.